The molecule has 2 aromatic carbocycles. The van der Waals surface area contributed by atoms with Crippen molar-refractivity contribution in [2.24, 2.45) is 0 Å². The van der Waals surface area contributed by atoms with E-state index in [4.69, 9.17) is 0 Å². The standard InChI is InChI=1S/C18H19NS/c1-13-8-7-11-17(16-9-5-4-6-10-16)18(13)19-12-20-15(3)14(19)2/h4-11H,12H2,1-3H3. The molecule has 0 aliphatic carbocycles. The maximum absolute atomic E-state index is 2.44. The second-order valence-electron chi connectivity index (χ2n) is 5.18. The number of benzene rings is 2. The molecule has 0 radical (unpaired) electrons. The molecule has 1 aliphatic rings. The first kappa shape index (κ1) is 13.3. The van der Waals surface area contributed by atoms with Gasteiger partial charge in [-0.3, -0.25) is 0 Å². The van der Waals surface area contributed by atoms with Crippen LogP contribution in [0, 0.1) is 6.92 Å². The predicted octanol–water partition coefficient (Wildman–Crippen LogP) is 5.42. The van der Waals surface area contributed by atoms with Crippen LogP contribution < -0.4 is 4.90 Å². The Balaban J connectivity index is 2.16. The summed E-state index contributed by atoms with van der Waals surface area (Å²) >= 11 is 1.93. The molecule has 0 amide bonds. The molecule has 0 unspecified atom stereocenters. The van der Waals surface area contributed by atoms with E-state index in [1.54, 1.807) is 0 Å². The summed E-state index contributed by atoms with van der Waals surface area (Å²) in [5, 5.41) is 0. The van der Waals surface area contributed by atoms with Crippen molar-refractivity contribution in [1.29, 1.82) is 0 Å². The molecule has 20 heavy (non-hydrogen) atoms. The lowest BCUT2D eigenvalue weighted by Gasteiger charge is -2.25. The van der Waals surface area contributed by atoms with E-state index in [0.29, 0.717) is 0 Å². The summed E-state index contributed by atoms with van der Waals surface area (Å²) in [6.07, 6.45) is 0. The van der Waals surface area contributed by atoms with Crippen molar-refractivity contribution in [2.75, 3.05) is 10.8 Å². The molecule has 0 aromatic heterocycles. The average molecular weight is 281 g/mol. The summed E-state index contributed by atoms with van der Waals surface area (Å²) in [5.74, 6) is 1.02. The Bertz CT molecular complexity index is 658. The highest BCUT2D eigenvalue weighted by atomic mass is 32.2. The number of nitrogens with zero attached hydrogens (tertiary/aromatic N) is 1. The molecule has 0 saturated carbocycles. The van der Waals surface area contributed by atoms with Gasteiger partial charge in [-0.15, -0.1) is 11.8 Å². The van der Waals surface area contributed by atoms with E-state index in [2.05, 4.69) is 74.2 Å². The van der Waals surface area contributed by atoms with Crippen LogP contribution in [0.1, 0.15) is 19.4 Å². The molecule has 0 fully saturated rings. The Hall–Kier alpha value is -1.67. The predicted molar refractivity (Wildman–Crippen MR) is 89.9 cm³/mol. The Kier molecular flexibility index (Phi) is 3.58. The highest BCUT2D eigenvalue weighted by Gasteiger charge is 2.22. The van der Waals surface area contributed by atoms with E-state index in [1.165, 1.54) is 33.0 Å². The molecule has 0 atom stereocenters. The Morgan fingerprint density at radius 1 is 0.900 bits per heavy atom. The minimum absolute atomic E-state index is 1.02. The van der Waals surface area contributed by atoms with E-state index in [0.717, 1.165) is 5.88 Å². The third-order valence-electron chi connectivity index (χ3n) is 3.92. The van der Waals surface area contributed by atoms with Crippen LogP contribution in [-0.2, 0) is 0 Å². The lowest BCUT2D eigenvalue weighted by Crippen LogP contribution is -2.18. The van der Waals surface area contributed by atoms with Crippen molar-refractivity contribution in [3.05, 3.63) is 64.7 Å². The van der Waals surface area contributed by atoms with Gasteiger partial charge in [-0.2, -0.15) is 0 Å². The van der Waals surface area contributed by atoms with Gasteiger partial charge in [-0.1, -0.05) is 48.5 Å². The largest absolute Gasteiger partial charge is 0.334 e. The number of allylic oxidation sites excluding steroid dienone is 2. The maximum Gasteiger partial charge on any atom is 0.0729 e. The highest BCUT2D eigenvalue weighted by Crippen LogP contribution is 2.41. The maximum atomic E-state index is 2.44. The van der Waals surface area contributed by atoms with Crippen molar-refractivity contribution < 1.29 is 0 Å². The summed E-state index contributed by atoms with van der Waals surface area (Å²) in [6, 6.07) is 17.2. The lowest BCUT2D eigenvalue weighted by molar-refractivity contribution is 1.07. The van der Waals surface area contributed by atoms with Crippen molar-refractivity contribution in [3.63, 3.8) is 0 Å². The average Bonchev–Trinajstić information content (AvgIpc) is 2.80. The van der Waals surface area contributed by atoms with Crippen LogP contribution in [0.4, 0.5) is 5.69 Å². The van der Waals surface area contributed by atoms with Gasteiger partial charge in [0.2, 0.25) is 0 Å². The molecule has 1 aliphatic heterocycles. The van der Waals surface area contributed by atoms with Gasteiger partial charge in [0, 0.05) is 16.2 Å². The summed E-state index contributed by atoms with van der Waals surface area (Å²) in [4.78, 5) is 3.87. The van der Waals surface area contributed by atoms with Gasteiger partial charge in [0.1, 0.15) is 0 Å². The normalized spacial score (nSPS) is 15.1. The van der Waals surface area contributed by atoms with Crippen LogP contribution in [-0.4, -0.2) is 5.88 Å². The van der Waals surface area contributed by atoms with E-state index in [1.807, 2.05) is 11.8 Å². The molecule has 0 saturated heterocycles. The molecule has 3 rings (SSSR count). The number of para-hydroxylation sites is 1. The lowest BCUT2D eigenvalue weighted by atomic mass is 9.99. The SMILES string of the molecule is CC1=C(C)N(c2c(C)cccc2-c2ccccc2)CS1. The molecular formula is C18H19NS. The zero-order chi connectivity index (χ0) is 14.1. The first-order chi connectivity index (χ1) is 9.68. The Labute approximate surface area is 125 Å². The van der Waals surface area contributed by atoms with E-state index in [9.17, 15) is 0 Å². The quantitative estimate of drug-likeness (QED) is 0.722. The van der Waals surface area contributed by atoms with E-state index >= 15 is 0 Å². The van der Waals surface area contributed by atoms with Crippen molar-refractivity contribution in [2.45, 2.75) is 20.8 Å². The second kappa shape index (κ2) is 5.37. The molecule has 1 heterocycles. The molecule has 2 aromatic rings. The topological polar surface area (TPSA) is 3.24 Å². The monoisotopic (exact) mass is 281 g/mol. The van der Waals surface area contributed by atoms with Gasteiger partial charge in [-0.05, 0) is 31.9 Å². The minimum atomic E-state index is 1.02. The molecule has 0 bridgehead atoms. The molecule has 0 spiro atoms. The number of anilines is 1. The van der Waals surface area contributed by atoms with Crippen LogP contribution in [0.5, 0.6) is 0 Å². The van der Waals surface area contributed by atoms with Gasteiger partial charge in [0.25, 0.3) is 0 Å². The van der Waals surface area contributed by atoms with E-state index in [-0.39, 0.29) is 0 Å². The van der Waals surface area contributed by atoms with Crippen LogP contribution in [0.25, 0.3) is 11.1 Å². The number of hydrogen-bond donors (Lipinski definition) is 0. The molecule has 102 valence electrons. The van der Waals surface area contributed by atoms with Crippen LogP contribution in [0.15, 0.2) is 59.1 Å². The van der Waals surface area contributed by atoms with Crippen molar-refractivity contribution in [1.82, 2.24) is 0 Å². The fraction of sp³-hybridized carbons (Fsp3) is 0.222. The van der Waals surface area contributed by atoms with Gasteiger partial charge < -0.3 is 4.90 Å². The summed E-state index contributed by atoms with van der Waals surface area (Å²) in [6.45, 7) is 6.63. The minimum Gasteiger partial charge on any atom is -0.334 e. The third kappa shape index (κ3) is 2.25. The smallest absolute Gasteiger partial charge is 0.0729 e. The fourth-order valence-electron chi connectivity index (χ4n) is 2.65. The first-order valence-electron chi connectivity index (χ1n) is 6.91. The van der Waals surface area contributed by atoms with Crippen molar-refractivity contribution in [3.8, 4) is 11.1 Å². The molecule has 1 nitrogen and oxygen atoms in total. The van der Waals surface area contributed by atoms with Crippen LogP contribution >= 0.6 is 11.8 Å². The van der Waals surface area contributed by atoms with Crippen LogP contribution in [0.3, 0.4) is 0 Å². The Morgan fingerprint density at radius 2 is 1.65 bits per heavy atom. The van der Waals surface area contributed by atoms with Crippen molar-refractivity contribution >= 4 is 17.4 Å². The number of hydrogen-bond acceptors (Lipinski definition) is 2. The third-order valence-corrected chi connectivity index (χ3v) is 5.03. The Morgan fingerprint density at radius 3 is 2.30 bits per heavy atom. The van der Waals surface area contributed by atoms with Gasteiger partial charge in [0.15, 0.2) is 0 Å². The first-order valence-corrected chi connectivity index (χ1v) is 7.90. The zero-order valence-electron chi connectivity index (χ0n) is 12.2. The summed E-state index contributed by atoms with van der Waals surface area (Å²) in [5.41, 5.74) is 6.66. The van der Waals surface area contributed by atoms with E-state index < -0.39 is 0 Å². The summed E-state index contributed by atoms with van der Waals surface area (Å²) < 4.78 is 0. The number of thioether (sulfide) groups is 1. The summed E-state index contributed by atoms with van der Waals surface area (Å²) in [7, 11) is 0. The zero-order valence-corrected chi connectivity index (χ0v) is 13.0. The van der Waals surface area contributed by atoms with Gasteiger partial charge in [0.05, 0.1) is 11.6 Å². The van der Waals surface area contributed by atoms with Gasteiger partial charge in [-0.25, -0.2) is 0 Å². The molecule has 2 heteroatoms. The highest BCUT2D eigenvalue weighted by molar-refractivity contribution is 8.03. The molecular weight excluding hydrogens is 262 g/mol. The fourth-order valence-corrected chi connectivity index (χ4v) is 3.62. The van der Waals surface area contributed by atoms with Gasteiger partial charge >= 0.3 is 0 Å². The number of aryl methyl sites for hydroxylation is 1. The molecule has 0 N–H and O–H groups in total. The number of rotatable bonds is 2. The van der Waals surface area contributed by atoms with Crippen LogP contribution in [0.2, 0.25) is 0 Å². The second-order valence-corrected chi connectivity index (χ2v) is 6.34.